The highest BCUT2D eigenvalue weighted by Crippen LogP contribution is 2.17. The first-order valence-electron chi connectivity index (χ1n) is 6.03. The molecule has 0 N–H and O–H groups in total. The lowest BCUT2D eigenvalue weighted by molar-refractivity contribution is -0.154. The van der Waals surface area contributed by atoms with Crippen LogP contribution >= 0.6 is 0 Å². The van der Waals surface area contributed by atoms with Crippen molar-refractivity contribution in [3.63, 3.8) is 0 Å². The van der Waals surface area contributed by atoms with Gasteiger partial charge in [-0.05, 0) is 24.7 Å². The number of hydrogen-bond donors (Lipinski definition) is 0. The molecule has 2 heteroatoms. The SMILES string of the molecule is CC(C)CC(CC(C)C)OC(=O)C(C)C. The standard InChI is InChI=1S/C13H26O2/c1-9(2)7-12(8-10(3)4)15-13(14)11(5)6/h9-12H,7-8H2,1-6H3. The molecule has 0 aromatic carbocycles. The summed E-state index contributed by atoms with van der Waals surface area (Å²) in [6.45, 7) is 12.4. The summed E-state index contributed by atoms with van der Waals surface area (Å²) < 4.78 is 5.49. The zero-order chi connectivity index (χ0) is 12.0. The highest BCUT2D eigenvalue weighted by atomic mass is 16.5. The molecule has 2 nitrogen and oxygen atoms in total. The van der Waals surface area contributed by atoms with Crippen LogP contribution in [0, 0.1) is 17.8 Å². The second-order valence-electron chi connectivity index (χ2n) is 5.47. The van der Waals surface area contributed by atoms with Gasteiger partial charge >= 0.3 is 5.97 Å². The molecule has 0 aliphatic rings. The molecule has 0 unspecified atom stereocenters. The van der Waals surface area contributed by atoms with Gasteiger partial charge in [0.2, 0.25) is 0 Å². The summed E-state index contributed by atoms with van der Waals surface area (Å²) in [5.41, 5.74) is 0. The smallest absolute Gasteiger partial charge is 0.308 e. The van der Waals surface area contributed by atoms with Crippen LogP contribution in [0.2, 0.25) is 0 Å². The van der Waals surface area contributed by atoms with Crippen LogP contribution in [0.3, 0.4) is 0 Å². The molecule has 0 aromatic heterocycles. The van der Waals surface area contributed by atoms with E-state index < -0.39 is 0 Å². The number of esters is 1. The summed E-state index contributed by atoms with van der Waals surface area (Å²) in [6, 6.07) is 0. The molecule has 0 aromatic rings. The summed E-state index contributed by atoms with van der Waals surface area (Å²) in [4.78, 5) is 11.5. The normalized spacial score (nSPS) is 11.9. The van der Waals surface area contributed by atoms with Gasteiger partial charge in [-0.15, -0.1) is 0 Å². The molecule has 0 aliphatic heterocycles. The zero-order valence-electron chi connectivity index (χ0n) is 11.0. The van der Waals surface area contributed by atoms with E-state index in [0.717, 1.165) is 12.8 Å². The maximum Gasteiger partial charge on any atom is 0.308 e. The molecule has 0 aliphatic carbocycles. The predicted molar refractivity (Wildman–Crippen MR) is 63.6 cm³/mol. The van der Waals surface area contributed by atoms with Crippen LogP contribution in [0.1, 0.15) is 54.4 Å². The quantitative estimate of drug-likeness (QED) is 0.631. The topological polar surface area (TPSA) is 26.3 Å². The van der Waals surface area contributed by atoms with Crippen molar-refractivity contribution in [3.8, 4) is 0 Å². The minimum Gasteiger partial charge on any atom is -0.462 e. The molecular formula is C13H26O2. The Labute approximate surface area is 94.4 Å². The number of carbonyl (C=O) groups excluding carboxylic acids is 1. The van der Waals surface area contributed by atoms with Crippen LogP contribution in [0.25, 0.3) is 0 Å². The van der Waals surface area contributed by atoms with Gasteiger partial charge in [0.25, 0.3) is 0 Å². The third-order valence-electron chi connectivity index (χ3n) is 2.22. The van der Waals surface area contributed by atoms with Crippen molar-refractivity contribution in [2.24, 2.45) is 17.8 Å². The average molecular weight is 214 g/mol. The van der Waals surface area contributed by atoms with Crippen LogP contribution in [0.4, 0.5) is 0 Å². The maximum absolute atomic E-state index is 11.5. The maximum atomic E-state index is 11.5. The van der Waals surface area contributed by atoms with Gasteiger partial charge in [-0.2, -0.15) is 0 Å². The van der Waals surface area contributed by atoms with Crippen molar-refractivity contribution in [1.29, 1.82) is 0 Å². The molecule has 90 valence electrons. The fraction of sp³-hybridized carbons (Fsp3) is 0.923. The van der Waals surface area contributed by atoms with Gasteiger partial charge in [0, 0.05) is 0 Å². The van der Waals surface area contributed by atoms with Crippen LogP contribution in [-0.4, -0.2) is 12.1 Å². The Hall–Kier alpha value is -0.530. The van der Waals surface area contributed by atoms with Gasteiger partial charge in [0.15, 0.2) is 0 Å². The Balaban J connectivity index is 4.17. The predicted octanol–water partition coefficient (Wildman–Crippen LogP) is 3.65. The lowest BCUT2D eigenvalue weighted by Gasteiger charge is -2.22. The third-order valence-corrected chi connectivity index (χ3v) is 2.22. The third kappa shape index (κ3) is 7.40. The van der Waals surface area contributed by atoms with E-state index in [4.69, 9.17) is 4.74 Å². The Bertz CT molecular complexity index is 173. The molecule has 0 saturated heterocycles. The molecule has 0 bridgehead atoms. The molecule has 0 rings (SSSR count). The van der Waals surface area contributed by atoms with Gasteiger partial charge in [0.1, 0.15) is 6.10 Å². The molecular weight excluding hydrogens is 188 g/mol. The van der Waals surface area contributed by atoms with Crippen LogP contribution < -0.4 is 0 Å². The number of rotatable bonds is 6. The van der Waals surface area contributed by atoms with Gasteiger partial charge in [-0.1, -0.05) is 41.5 Å². The van der Waals surface area contributed by atoms with E-state index in [9.17, 15) is 4.79 Å². The van der Waals surface area contributed by atoms with E-state index in [1.807, 2.05) is 13.8 Å². The second-order valence-corrected chi connectivity index (χ2v) is 5.47. The van der Waals surface area contributed by atoms with E-state index in [0.29, 0.717) is 11.8 Å². The lowest BCUT2D eigenvalue weighted by Crippen LogP contribution is -2.24. The van der Waals surface area contributed by atoms with Gasteiger partial charge in [-0.3, -0.25) is 4.79 Å². The minimum absolute atomic E-state index is 0.0215. The van der Waals surface area contributed by atoms with Crippen LogP contribution in [0.5, 0.6) is 0 Å². The first-order valence-corrected chi connectivity index (χ1v) is 6.03. The van der Waals surface area contributed by atoms with Gasteiger partial charge in [-0.25, -0.2) is 0 Å². The van der Waals surface area contributed by atoms with Gasteiger partial charge < -0.3 is 4.74 Å². The minimum atomic E-state index is -0.0682. The first kappa shape index (κ1) is 14.5. The van der Waals surface area contributed by atoms with Crippen molar-refractivity contribution in [2.75, 3.05) is 0 Å². The first-order chi connectivity index (χ1) is 6.82. The Morgan fingerprint density at radius 1 is 0.933 bits per heavy atom. The number of ether oxygens (including phenoxy) is 1. The highest BCUT2D eigenvalue weighted by Gasteiger charge is 2.19. The fourth-order valence-corrected chi connectivity index (χ4v) is 1.54. The van der Waals surface area contributed by atoms with E-state index in [1.54, 1.807) is 0 Å². The summed E-state index contributed by atoms with van der Waals surface area (Å²) in [7, 11) is 0. The largest absolute Gasteiger partial charge is 0.462 e. The van der Waals surface area contributed by atoms with E-state index in [-0.39, 0.29) is 18.0 Å². The van der Waals surface area contributed by atoms with E-state index >= 15 is 0 Å². The van der Waals surface area contributed by atoms with Crippen molar-refractivity contribution in [2.45, 2.75) is 60.5 Å². The average Bonchev–Trinajstić information content (AvgIpc) is 2.00. The Morgan fingerprint density at radius 3 is 1.60 bits per heavy atom. The monoisotopic (exact) mass is 214 g/mol. The molecule has 0 radical (unpaired) electrons. The van der Waals surface area contributed by atoms with Crippen molar-refractivity contribution in [3.05, 3.63) is 0 Å². The number of carbonyl (C=O) groups is 1. The van der Waals surface area contributed by atoms with E-state index in [2.05, 4.69) is 27.7 Å². The Morgan fingerprint density at radius 2 is 1.33 bits per heavy atom. The van der Waals surface area contributed by atoms with Crippen molar-refractivity contribution >= 4 is 5.97 Å². The fourth-order valence-electron chi connectivity index (χ4n) is 1.54. The molecule has 0 spiro atoms. The summed E-state index contributed by atoms with van der Waals surface area (Å²) in [6.07, 6.45) is 2.03. The van der Waals surface area contributed by atoms with Gasteiger partial charge in [0.05, 0.1) is 5.92 Å². The molecule has 0 amide bonds. The molecule has 0 fully saturated rings. The van der Waals surface area contributed by atoms with Crippen LogP contribution in [-0.2, 0) is 9.53 Å². The second kappa shape index (κ2) is 6.86. The number of hydrogen-bond acceptors (Lipinski definition) is 2. The lowest BCUT2D eigenvalue weighted by atomic mass is 9.98. The summed E-state index contributed by atoms with van der Waals surface area (Å²) >= 11 is 0. The summed E-state index contributed by atoms with van der Waals surface area (Å²) in [5, 5.41) is 0. The van der Waals surface area contributed by atoms with Crippen molar-refractivity contribution < 1.29 is 9.53 Å². The zero-order valence-corrected chi connectivity index (χ0v) is 11.0. The molecule has 15 heavy (non-hydrogen) atoms. The van der Waals surface area contributed by atoms with Crippen molar-refractivity contribution in [1.82, 2.24) is 0 Å². The molecule has 0 heterocycles. The Kier molecular flexibility index (Phi) is 6.62. The highest BCUT2D eigenvalue weighted by molar-refractivity contribution is 5.71. The van der Waals surface area contributed by atoms with Crippen LogP contribution in [0.15, 0.2) is 0 Å². The van der Waals surface area contributed by atoms with E-state index in [1.165, 1.54) is 0 Å². The molecule has 0 saturated carbocycles. The molecule has 0 atom stereocenters. The summed E-state index contributed by atoms with van der Waals surface area (Å²) in [5.74, 6) is 1.07.